The fourth-order valence-electron chi connectivity index (χ4n) is 7.87. The molecule has 0 aromatic heterocycles. The Morgan fingerprint density at radius 3 is 2.33 bits per heavy atom. The molecule has 0 radical (unpaired) electrons. The molecule has 3 atom stereocenters. The number of allylic oxidation sites excluding steroid dienone is 11. The molecule has 1 aromatic rings. The van der Waals surface area contributed by atoms with Crippen molar-refractivity contribution in [3.63, 3.8) is 0 Å². The molecule has 0 amide bonds. The molecule has 7 rings (SSSR count). The second kappa shape index (κ2) is 13.7. The number of ether oxygens (including phenoxy) is 2. The molecule has 1 fully saturated rings. The summed E-state index contributed by atoms with van der Waals surface area (Å²) in [6.07, 6.45) is 8.08. The Hall–Kier alpha value is -5.84. The number of hydrogen-bond acceptors (Lipinski definition) is 11. The lowest BCUT2D eigenvalue weighted by Crippen LogP contribution is -2.32. The van der Waals surface area contributed by atoms with Crippen molar-refractivity contribution >= 4 is 41.0 Å². The number of hydrogen-bond donors (Lipinski definition) is 3. The lowest BCUT2D eigenvalue weighted by Gasteiger charge is -2.22. The van der Waals surface area contributed by atoms with Gasteiger partial charge in [-0.05, 0) is 86.3 Å². The van der Waals surface area contributed by atoms with Crippen molar-refractivity contribution < 1.29 is 23.9 Å². The van der Waals surface area contributed by atoms with Crippen LogP contribution in [-0.2, 0) is 23.9 Å². The minimum atomic E-state index is -0.862. The van der Waals surface area contributed by atoms with Gasteiger partial charge in [0.25, 0.3) is 0 Å². The Balaban J connectivity index is 1.51. The van der Waals surface area contributed by atoms with Crippen LogP contribution in [0.4, 0.5) is 5.69 Å². The number of carbonyl (C=O) groups is 3. The predicted octanol–water partition coefficient (Wildman–Crippen LogP) is 6.27. The monoisotopic (exact) mass is 698 g/mol. The van der Waals surface area contributed by atoms with E-state index >= 15 is 0 Å². The van der Waals surface area contributed by atoms with Crippen LogP contribution in [0.25, 0.3) is 0 Å². The lowest BCUT2D eigenvalue weighted by atomic mass is 9.84. The van der Waals surface area contributed by atoms with Gasteiger partial charge in [-0.25, -0.2) is 15.0 Å². The molecule has 5 aliphatic heterocycles. The van der Waals surface area contributed by atoms with E-state index in [1.54, 1.807) is 0 Å². The largest absolute Gasteiger partial charge is 0.469 e. The highest BCUT2D eigenvalue weighted by atomic mass is 16.5. The van der Waals surface area contributed by atoms with Crippen LogP contribution in [0.1, 0.15) is 53.9 Å². The van der Waals surface area contributed by atoms with Crippen molar-refractivity contribution in [2.24, 2.45) is 32.7 Å². The number of esters is 2. The van der Waals surface area contributed by atoms with Gasteiger partial charge in [0.15, 0.2) is 6.29 Å². The minimum Gasteiger partial charge on any atom is -0.469 e. The van der Waals surface area contributed by atoms with Gasteiger partial charge in [0.2, 0.25) is 0 Å². The molecule has 3 N–H and O–H groups in total. The second-order valence-electron chi connectivity index (χ2n) is 13.6. The highest BCUT2D eigenvalue weighted by Crippen LogP contribution is 2.49. The molecule has 0 saturated carbocycles. The first-order chi connectivity index (χ1) is 25.1. The first-order valence-electron chi connectivity index (χ1n) is 17.6. The Labute approximate surface area is 303 Å². The molecule has 1 aromatic carbocycles. The summed E-state index contributed by atoms with van der Waals surface area (Å²) in [4.78, 5) is 54.2. The fourth-order valence-corrected chi connectivity index (χ4v) is 7.87. The molecule has 266 valence electrons. The standard InChI is InChI=1S/C41H42N6O5/c1-8-25-20(2)29-17-33-27(19-48)22(4)28(43-33)16-30-21(3)26(14-15-34(49)51-6)38(44-30)36-37(41(50)52-7)40(47-46-24-12-10-9-11-13-24)35-23(5)31(45-39(35)36)18-32(25)42-29/h9-13,16-19,21,26,37,44,46-47H,8,14-15H2,1-7H3/t21-,26-,37+/m0/s1. The molecular formula is C41H42N6O5. The smallest absolute Gasteiger partial charge is 0.319 e. The molecule has 11 nitrogen and oxygen atoms in total. The number of hydrazine groups is 1. The zero-order chi connectivity index (χ0) is 36.8. The van der Waals surface area contributed by atoms with E-state index in [0.29, 0.717) is 40.4 Å². The van der Waals surface area contributed by atoms with E-state index in [1.807, 2.05) is 69.3 Å². The van der Waals surface area contributed by atoms with Gasteiger partial charge in [-0.1, -0.05) is 32.0 Å². The zero-order valence-electron chi connectivity index (χ0n) is 30.4. The lowest BCUT2D eigenvalue weighted by molar-refractivity contribution is -0.143. The molecule has 11 heteroatoms. The van der Waals surface area contributed by atoms with E-state index in [9.17, 15) is 14.4 Å². The van der Waals surface area contributed by atoms with Crippen molar-refractivity contribution in [2.45, 2.75) is 53.9 Å². The van der Waals surface area contributed by atoms with Crippen LogP contribution < -0.4 is 16.2 Å². The van der Waals surface area contributed by atoms with Gasteiger partial charge in [0, 0.05) is 46.4 Å². The Morgan fingerprint density at radius 2 is 1.63 bits per heavy atom. The van der Waals surface area contributed by atoms with Gasteiger partial charge in [-0.15, -0.1) is 0 Å². The van der Waals surface area contributed by atoms with Crippen molar-refractivity contribution in [3.05, 3.63) is 122 Å². The summed E-state index contributed by atoms with van der Waals surface area (Å²) in [6, 6.07) is 9.65. The number of benzene rings is 1. The third-order valence-corrected chi connectivity index (χ3v) is 10.8. The molecule has 52 heavy (non-hydrogen) atoms. The van der Waals surface area contributed by atoms with Crippen molar-refractivity contribution in [3.8, 4) is 0 Å². The van der Waals surface area contributed by atoms with Crippen LogP contribution in [0.2, 0.25) is 0 Å². The summed E-state index contributed by atoms with van der Waals surface area (Å²) >= 11 is 0. The van der Waals surface area contributed by atoms with E-state index in [1.165, 1.54) is 14.2 Å². The van der Waals surface area contributed by atoms with Gasteiger partial charge < -0.3 is 25.6 Å². The number of para-hydroxylation sites is 1. The number of nitrogens with one attached hydrogen (secondary N) is 3. The molecule has 6 aliphatic rings. The predicted molar refractivity (Wildman–Crippen MR) is 201 cm³/mol. The van der Waals surface area contributed by atoms with Gasteiger partial charge in [0.05, 0.1) is 59.8 Å². The van der Waals surface area contributed by atoms with Crippen molar-refractivity contribution in [1.82, 2.24) is 10.7 Å². The van der Waals surface area contributed by atoms with Gasteiger partial charge >= 0.3 is 11.9 Å². The minimum absolute atomic E-state index is 0.123. The van der Waals surface area contributed by atoms with Crippen LogP contribution in [-0.4, -0.2) is 49.6 Å². The van der Waals surface area contributed by atoms with Gasteiger partial charge in [0.1, 0.15) is 5.92 Å². The summed E-state index contributed by atoms with van der Waals surface area (Å²) in [5.41, 5.74) is 19.6. The third-order valence-electron chi connectivity index (χ3n) is 10.8. The maximum absolute atomic E-state index is 14.0. The first-order valence-corrected chi connectivity index (χ1v) is 17.6. The molecule has 1 saturated heterocycles. The van der Waals surface area contributed by atoms with Crippen LogP contribution >= 0.6 is 0 Å². The maximum Gasteiger partial charge on any atom is 0.319 e. The molecule has 0 unspecified atom stereocenters. The topological polar surface area (TPSA) is 143 Å². The third kappa shape index (κ3) is 5.70. The Kier molecular flexibility index (Phi) is 9.12. The quantitative estimate of drug-likeness (QED) is 0.156. The van der Waals surface area contributed by atoms with Crippen LogP contribution in [0.5, 0.6) is 0 Å². The maximum atomic E-state index is 14.0. The highest BCUT2D eigenvalue weighted by molar-refractivity contribution is 6.24. The number of aldehydes is 1. The number of nitrogens with zero attached hydrogens (tertiary/aromatic N) is 3. The summed E-state index contributed by atoms with van der Waals surface area (Å²) in [5.74, 6) is -1.98. The summed E-state index contributed by atoms with van der Waals surface area (Å²) < 4.78 is 10.5. The molecule has 8 bridgehead atoms. The number of carbonyl (C=O) groups excluding carboxylic acids is 3. The number of fused-ring (bicyclic) bond motifs is 5. The molecule has 1 aliphatic carbocycles. The highest BCUT2D eigenvalue weighted by Gasteiger charge is 2.49. The first kappa shape index (κ1) is 34.6. The van der Waals surface area contributed by atoms with E-state index < -0.39 is 11.9 Å². The van der Waals surface area contributed by atoms with Crippen LogP contribution in [0, 0.1) is 17.8 Å². The number of rotatable bonds is 9. The molecule has 0 spiro atoms. The summed E-state index contributed by atoms with van der Waals surface area (Å²) in [6.45, 7) is 10.1. The Morgan fingerprint density at radius 1 is 0.904 bits per heavy atom. The fraction of sp³-hybridized carbons (Fsp3) is 0.317. The van der Waals surface area contributed by atoms with E-state index in [2.05, 4.69) is 30.0 Å². The van der Waals surface area contributed by atoms with Gasteiger partial charge in [-0.3, -0.25) is 14.4 Å². The SMILES string of the molecule is CCC1=C(C)C2=NC1=CC1=C(C)C3=C(NNc4ccccc4)[C@H](C(=O)OC)C(=C4NC(=CC5=NC(=C2)C(C=O)=C5C)[C@@H](C)[C@@H]4CCC(=O)OC)C3=N1. The van der Waals surface area contributed by atoms with E-state index in [0.717, 1.165) is 74.8 Å². The van der Waals surface area contributed by atoms with Crippen molar-refractivity contribution in [2.75, 3.05) is 19.6 Å². The van der Waals surface area contributed by atoms with Crippen LogP contribution in [0.3, 0.4) is 0 Å². The summed E-state index contributed by atoms with van der Waals surface area (Å²) in [5, 5.41) is 3.68. The van der Waals surface area contributed by atoms with E-state index in [4.69, 9.17) is 24.5 Å². The molecular weight excluding hydrogens is 656 g/mol. The normalized spacial score (nSPS) is 23.2. The number of anilines is 1. The average molecular weight is 699 g/mol. The van der Waals surface area contributed by atoms with Gasteiger partial charge in [-0.2, -0.15) is 0 Å². The van der Waals surface area contributed by atoms with E-state index in [-0.39, 0.29) is 24.2 Å². The average Bonchev–Trinajstić information content (AvgIpc) is 3.90. The van der Waals surface area contributed by atoms with Crippen LogP contribution in [0.15, 0.2) is 137 Å². The number of aliphatic imine (C=N–C) groups is 3. The van der Waals surface area contributed by atoms with Crippen molar-refractivity contribution in [1.29, 1.82) is 0 Å². The Bertz CT molecular complexity index is 2170. The second-order valence-corrected chi connectivity index (χ2v) is 13.6. The summed E-state index contributed by atoms with van der Waals surface area (Å²) in [7, 11) is 2.77. The number of methoxy groups -OCH3 is 2. The zero-order valence-corrected chi connectivity index (χ0v) is 30.4. The molecule has 5 heterocycles.